The molecule has 0 aromatic heterocycles. The predicted octanol–water partition coefficient (Wildman–Crippen LogP) is -2.21. The lowest BCUT2D eigenvalue weighted by Gasteiger charge is -2.27. The van der Waals surface area contributed by atoms with Crippen molar-refractivity contribution in [2.24, 2.45) is 23.1 Å². The number of nitrogens with one attached hydrogen (secondary N) is 3. The Kier molecular flexibility index (Phi) is 14.5. The Bertz CT molecular complexity index is 749. The summed E-state index contributed by atoms with van der Waals surface area (Å²) in [4.78, 5) is 71.6. The van der Waals surface area contributed by atoms with Crippen molar-refractivity contribution < 1.29 is 33.9 Å². The number of carboxylic acid groups (broad SMARTS) is 1. The summed E-state index contributed by atoms with van der Waals surface area (Å²) in [6, 6.07) is -4.62. The third-order valence-corrected chi connectivity index (χ3v) is 5.47. The van der Waals surface area contributed by atoms with E-state index in [0.717, 1.165) is 0 Å². The highest BCUT2D eigenvalue weighted by atomic mass is 32.2. The van der Waals surface area contributed by atoms with Crippen LogP contribution in [0.2, 0.25) is 0 Å². The zero-order valence-corrected chi connectivity index (χ0v) is 20.5. The van der Waals surface area contributed by atoms with Crippen LogP contribution in [0.25, 0.3) is 0 Å². The average Bonchev–Trinajstić information content (AvgIpc) is 2.74. The van der Waals surface area contributed by atoms with Gasteiger partial charge in [0.1, 0.15) is 18.1 Å². The second-order valence-corrected chi connectivity index (χ2v) is 9.07. The summed E-state index contributed by atoms with van der Waals surface area (Å²) < 4.78 is 0. The first-order valence-corrected chi connectivity index (χ1v) is 12.1. The molecule has 0 aromatic carbocycles. The Morgan fingerprint density at radius 2 is 1.29 bits per heavy atom. The monoisotopic (exact) mass is 504 g/mol. The second kappa shape index (κ2) is 15.9. The molecule has 13 nitrogen and oxygen atoms in total. The maximum absolute atomic E-state index is 12.9. The van der Waals surface area contributed by atoms with Gasteiger partial charge in [0, 0.05) is 12.8 Å². The largest absolute Gasteiger partial charge is 0.480 e. The number of primary amides is 2. The minimum Gasteiger partial charge on any atom is -0.480 e. The minimum atomic E-state index is -1.39. The highest BCUT2D eigenvalue weighted by Crippen LogP contribution is 2.08. The molecular formula is C20H36N6O7S. The van der Waals surface area contributed by atoms with E-state index in [9.17, 15) is 33.9 Å². The summed E-state index contributed by atoms with van der Waals surface area (Å²) in [6.45, 7) is 3.25. The van der Waals surface area contributed by atoms with Gasteiger partial charge in [-0.1, -0.05) is 13.8 Å². The van der Waals surface area contributed by atoms with Gasteiger partial charge in [-0.2, -0.15) is 11.8 Å². The molecule has 0 radical (unpaired) electrons. The lowest BCUT2D eigenvalue weighted by Crippen LogP contribution is -2.58. The molecule has 14 heteroatoms. The molecular weight excluding hydrogens is 468 g/mol. The number of hydrogen-bond acceptors (Lipinski definition) is 8. The number of amides is 5. The number of carbonyl (C=O) groups is 6. The van der Waals surface area contributed by atoms with E-state index >= 15 is 0 Å². The van der Waals surface area contributed by atoms with Crippen molar-refractivity contribution >= 4 is 47.3 Å². The number of rotatable bonds is 17. The van der Waals surface area contributed by atoms with Crippen LogP contribution in [-0.2, 0) is 28.8 Å². The van der Waals surface area contributed by atoms with E-state index in [1.807, 2.05) is 6.26 Å². The van der Waals surface area contributed by atoms with E-state index in [4.69, 9.17) is 17.2 Å². The van der Waals surface area contributed by atoms with Crippen LogP contribution in [0.3, 0.4) is 0 Å². The van der Waals surface area contributed by atoms with Gasteiger partial charge in [-0.15, -0.1) is 0 Å². The van der Waals surface area contributed by atoms with Gasteiger partial charge < -0.3 is 38.3 Å². The molecule has 0 rings (SSSR count). The van der Waals surface area contributed by atoms with E-state index in [-0.39, 0.29) is 25.7 Å². The number of hydrogen-bond donors (Lipinski definition) is 7. The van der Waals surface area contributed by atoms with E-state index in [1.54, 1.807) is 13.8 Å². The van der Waals surface area contributed by atoms with Crippen molar-refractivity contribution in [2.45, 2.75) is 70.1 Å². The fourth-order valence-corrected chi connectivity index (χ4v) is 3.29. The fourth-order valence-electron chi connectivity index (χ4n) is 2.80. The summed E-state index contributed by atoms with van der Waals surface area (Å²) in [5.74, 6) is -4.76. The Hall–Kier alpha value is -2.87. The quantitative estimate of drug-likeness (QED) is 0.113. The van der Waals surface area contributed by atoms with Crippen LogP contribution in [0.1, 0.15) is 46.0 Å². The molecule has 0 fully saturated rings. The Morgan fingerprint density at radius 3 is 1.74 bits per heavy atom. The SMILES string of the molecule is CSCCC(N)C(=O)NC(CCC(N)=O)C(=O)NC(C(=O)NC(CCC(N)=O)C(=O)O)C(C)C. The van der Waals surface area contributed by atoms with Gasteiger partial charge in [-0.05, 0) is 37.2 Å². The lowest BCUT2D eigenvalue weighted by molar-refractivity contribution is -0.143. The molecule has 0 spiro atoms. The molecule has 0 aliphatic carbocycles. The van der Waals surface area contributed by atoms with Gasteiger partial charge in [0.15, 0.2) is 0 Å². The maximum atomic E-state index is 12.9. The minimum absolute atomic E-state index is 0.120. The smallest absolute Gasteiger partial charge is 0.326 e. The first kappa shape index (κ1) is 31.1. The topological polar surface area (TPSA) is 237 Å². The van der Waals surface area contributed by atoms with E-state index in [1.165, 1.54) is 11.8 Å². The van der Waals surface area contributed by atoms with Crippen molar-refractivity contribution in [3.05, 3.63) is 0 Å². The number of aliphatic carboxylic acids is 1. The van der Waals surface area contributed by atoms with Crippen LogP contribution in [0.4, 0.5) is 0 Å². The maximum Gasteiger partial charge on any atom is 0.326 e. The summed E-state index contributed by atoms with van der Waals surface area (Å²) in [5, 5.41) is 16.6. The first-order valence-electron chi connectivity index (χ1n) is 10.7. The van der Waals surface area contributed by atoms with Gasteiger partial charge in [-0.25, -0.2) is 4.79 Å². The predicted molar refractivity (Wildman–Crippen MR) is 126 cm³/mol. The molecule has 0 aromatic rings. The van der Waals surface area contributed by atoms with E-state index in [2.05, 4.69) is 16.0 Å². The zero-order valence-electron chi connectivity index (χ0n) is 19.7. The molecule has 0 bridgehead atoms. The fraction of sp³-hybridized carbons (Fsp3) is 0.700. The number of carbonyl (C=O) groups excluding carboxylic acids is 5. The summed E-state index contributed by atoms with van der Waals surface area (Å²) in [5.41, 5.74) is 16.0. The molecule has 0 heterocycles. The zero-order chi connectivity index (χ0) is 26.4. The Balaban J connectivity index is 5.44. The molecule has 34 heavy (non-hydrogen) atoms. The number of carboxylic acids is 1. The molecule has 0 saturated heterocycles. The van der Waals surface area contributed by atoms with Gasteiger partial charge in [-0.3, -0.25) is 24.0 Å². The van der Waals surface area contributed by atoms with Crippen LogP contribution >= 0.6 is 11.8 Å². The second-order valence-electron chi connectivity index (χ2n) is 8.09. The third-order valence-electron chi connectivity index (χ3n) is 4.82. The van der Waals surface area contributed by atoms with Crippen molar-refractivity contribution in [1.29, 1.82) is 0 Å². The van der Waals surface area contributed by atoms with Crippen LogP contribution in [0.15, 0.2) is 0 Å². The number of thioether (sulfide) groups is 1. The summed E-state index contributed by atoms with van der Waals surface area (Å²) in [7, 11) is 0. The van der Waals surface area contributed by atoms with Gasteiger partial charge in [0.2, 0.25) is 29.5 Å². The van der Waals surface area contributed by atoms with Crippen molar-refractivity contribution in [3.8, 4) is 0 Å². The summed E-state index contributed by atoms with van der Waals surface area (Å²) in [6.07, 6.45) is 1.42. The molecule has 4 unspecified atom stereocenters. The molecule has 4 atom stereocenters. The molecule has 0 saturated carbocycles. The van der Waals surface area contributed by atoms with Crippen molar-refractivity contribution in [3.63, 3.8) is 0 Å². The molecule has 10 N–H and O–H groups in total. The van der Waals surface area contributed by atoms with Gasteiger partial charge >= 0.3 is 5.97 Å². The van der Waals surface area contributed by atoms with Crippen molar-refractivity contribution in [1.82, 2.24) is 16.0 Å². The normalized spacial score (nSPS) is 14.4. The molecule has 5 amide bonds. The van der Waals surface area contributed by atoms with Crippen LogP contribution in [0.5, 0.6) is 0 Å². The van der Waals surface area contributed by atoms with Gasteiger partial charge in [0.25, 0.3) is 0 Å². The van der Waals surface area contributed by atoms with E-state index < -0.39 is 65.6 Å². The van der Waals surface area contributed by atoms with E-state index in [0.29, 0.717) is 12.2 Å². The standard InChI is InChI=1S/C20H36N6O7S/c1-10(2)16(19(31)25-13(20(32)33)5-7-15(23)28)26-18(30)12(4-6-14(22)27)24-17(29)11(21)8-9-34-3/h10-13,16H,4-9,21H2,1-3H3,(H2,22,27)(H2,23,28)(H,24,29)(H,25,31)(H,26,30)(H,32,33). The molecule has 0 aliphatic heterocycles. The Morgan fingerprint density at radius 1 is 0.794 bits per heavy atom. The van der Waals surface area contributed by atoms with Gasteiger partial charge in [0.05, 0.1) is 6.04 Å². The average molecular weight is 505 g/mol. The van der Waals surface area contributed by atoms with Crippen molar-refractivity contribution in [2.75, 3.05) is 12.0 Å². The Labute approximate surface area is 202 Å². The first-order chi connectivity index (χ1) is 15.8. The summed E-state index contributed by atoms with van der Waals surface area (Å²) >= 11 is 1.50. The van der Waals surface area contributed by atoms with Crippen LogP contribution < -0.4 is 33.2 Å². The highest BCUT2D eigenvalue weighted by molar-refractivity contribution is 7.98. The molecule has 0 aliphatic rings. The lowest BCUT2D eigenvalue weighted by atomic mass is 10.0. The number of nitrogens with two attached hydrogens (primary N) is 3. The highest BCUT2D eigenvalue weighted by Gasteiger charge is 2.32. The van der Waals surface area contributed by atoms with Crippen LogP contribution in [-0.4, -0.2) is 76.8 Å². The molecule has 194 valence electrons. The van der Waals surface area contributed by atoms with Crippen LogP contribution in [0, 0.1) is 5.92 Å². The third kappa shape index (κ3) is 12.4.